The Morgan fingerprint density at radius 3 is 2.19 bits per heavy atom. The van der Waals surface area contributed by atoms with Gasteiger partial charge in [-0.25, -0.2) is 0 Å². The summed E-state index contributed by atoms with van der Waals surface area (Å²) in [5.74, 6) is 0.719. The molecule has 0 amide bonds. The predicted octanol–water partition coefficient (Wildman–Crippen LogP) is 4.35. The standard InChI is InChI=1S/C13H30O2Si/c1-6-9-10-13(8-3)12-15-16(4,5)14-11-7-2/h13H,6-12H2,1-5H3. The fourth-order valence-electron chi connectivity index (χ4n) is 1.61. The third-order valence-corrected chi connectivity index (χ3v) is 4.62. The van der Waals surface area contributed by atoms with Crippen LogP contribution in [0.2, 0.25) is 13.1 Å². The van der Waals surface area contributed by atoms with Crippen molar-refractivity contribution < 1.29 is 8.85 Å². The summed E-state index contributed by atoms with van der Waals surface area (Å²) in [6.45, 7) is 12.7. The summed E-state index contributed by atoms with van der Waals surface area (Å²) in [4.78, 5) is 0. The summed E-state index contributed by atoms with van der Waals surface area (Å²) in [6, 6.07) is 0. The van der Waals surface area contributed by atoms with E-state index < -0.39 is 8.56 Å². The molecule has 0 aliphatic carbocycles. The van der Waals surface area contributed by atoms with Gasteiger partial charge in [0, 0.05) is 13.2 Å². The first-order chi connectivity index (χ1) is 7.55. The van der Waals surface area contributed by atoms with Crippen LogP contribution in [0.1, 0.15) is 52.9 Å². The van der Waals surface area contributed by atoms with Crippen LogP contribution in [0.5, 0.6) is 0 Å². The van der Waals surface area contributed by atoms with Gasteiger partial charge in [0.15, 0.2) is 0 Å². The first-order valence-electron chi connectivity index (χ1n) is 6.83. The Kier molecular flexibility index (Phi) is 9.28. The van der Waals surface area contributed by atoms with Gasteiger partial charge in [0.05, 0.1) is 0 Å². The fraction of sp³-hybridized carbons (Fsp3) is 1.00. The van der Waals surface area contributed by atoms with Gasteiger partial charge in [0.25, 0.3) is 0 Å². The van der Waals surface area contributed by atoms with Crippen molar-refractivity contribution in [3.05, 3.63) is 0 Å². The third-order valence-electron chi connectivity index (χ3n) is 2.86. The van der Waals surface area contributed by atoms with Gasteiger partial charge in [-0.3, -0.25) is 0 Å². The molecule has 1 unspecified atom stereocenters. The summed E-state index contributed by atoms with van der Waals surface area (Å²) in [5.41, 5.74) is 0. The molecule has 0 spiro atoms. The van der Waals surface area contributed by atoms with E-state index in [2.05, 4.69) is 33.9 Å². The lowest BCUT2D eigenvalue weighted by Gasteiger charge is -2.25. The summed E-state index contributed by atoms with van der Waals surface area (Å²) < 4.78 is 11.8. The van der Waals surface area contributed by atoms with Crippen LogP contribution in [0.15, 0.2) is 0 Å². The normalized spacial score (nSPS) is 14.1. The molecular weight excluding hydrogens is 216 g/mol. The highest BCUT2D eigenvalue weighted by molar-refractivity contribution is 6.64. The van der Waals surface area contributed by atoms with Crippen molar-refractivity contribution in [3.8, 4) is 0 Å². The minimum Gasteiger partial charge on any atom is -0.395 e. The summed E-state index contributed by atoms with van der Waals surface area (Å²) >= 11 is 0. The quantitative estimate of drug-likeness (QED) is 0.534. The Balaban J connectivity index is 3.80. The molecule has 0 heterocycles. The molecule has 0 N–H and O–H groups in total. The van der Waals surface area contributed by atoms with Gasteiger partial charge in [0.1, 0.15) is 0 Å². The molecule has 0 rings (SSSR count). The highest BCUT2D eigenvalue weighted by Crippen LogP contribution is 2.16. The minimum atomic E-state index is -1.84. The van der Waals surface area contributed by atoms with Gasteiger partial charge >= 0.3 is 8.56 Å². The molecule has 3 heteroatoms. The molecule has 0 aromatic heterocycles. The molecular formula is C13H30O2Si. The first kappa shape index (κ1) is 16.1. The zero-order valence-electron chi connectivity index (χ0n) is 11.8. The van der Waals surface area contributed by atoms with Gasteiger partial charge in [-0.15, -0.1) is 0 Å². The highest BCUT2D eigenvalue weighted by Gasteiger charge is 2.25. The van der Waals surface area contributed by atoms with E-state index in [1.54, 1.807) is 0 Å². The Morgan fingerprint density at radius 2 is 1.69 bits per heavy atom. The van der Waals surface area contributed by atoms with E-state index in [0.717, 1.165) is 25.6 Å². The van der Waals surface area contributed by atoms with Crippen LogP contribution >= 0.6 is 0 Å². The van der Waals surface area contributed by atoms with Gasteiger partial charge in [-0.1, -0.05) is 40.0 Å². The Bertz CT molecular complexity index is 160. The molecule has 16 heavy (non-hydrogen) atoms. The van der Waals surface area contributed by atoms with Crippen molar-refractivity contribution in [1.29, 1.82) is 0 Å². The van der Waals surface area contributed by atoms with Crippen molar-refractivity contribution >= 4 is 8.56 Å². The van der Waals surface area contributed by atoms with E-state index in [1.165, 1.54) is 25.7 Å². The highest BCUT2D eigenvalue weighted by atomic mass is 28.4. The lowest BCUT2D eigenvalue weighted by Crippen LogP contribution is -2.36. The SMILES string of the molecule is CCCCC(CC)CO[Si](C)(C)OCCC. The molecule has 0 aliphatic rings. The van der Waals surface area contributed by atoms with Crippen molar-refractivity contribution in [2.24, 2.45) is 5.92 Å². The maximum Gasteiger partial charge on any atom is 0.331 e. The van der Waals surface area contributed by atoms with Crippen LogP contribution in [0.3, 0.4) is 0 Å². The molecule has 0 saturated heterocycles. The largest absolute Gasteiger partial charge is 0.395 e. The minimum absolute atomic E-state index is 0.719. The van der Waals surface area contributed by atoms with E-state index in [4.69, 9.17) is 8.85 Å². The smallest absolute Gasteiger partial charge is 0.331 e. The maximum absolute atomic E-state index is 6.00. The molecule has 98 valence electrons. The molecule has 2 nitrogen and oxygen atoms in total. The van der Waals surface area contributed by atoms with E-state index in [-0.39, 0.29) is 0 Å². The zero-order chi connectivity index (χ0) is 12.4. The first-order valence-corrected chi connectivity index (χ1v) is 9.65. The lowest BCUT2D eigenvalue weighted by molar-refractivity contribution is 0.148. The monoisotopic (exact) mass is 246 g/mol. The zero-order valence-corrected chi connectivity index (χ0v) is 12.8. The predicted molar refractivity (Wildman–Crippen MR) is 73.0 cm³/mol. The van der Waals surface area contributed by atoms with Gasteiger partial charge < -0.3 is 8.85 Å². The molecule has 0 radical (unpaired) electrons. The average molecular weight is 246 g/mol. The van der Waals surface area contributed by atoms with Crippen molar-refractivity contribution in [2.45, 2.75) is 66.0 Å². The molecule has 0 aromatic rings. The number of unbranched alkanes of at least 4 members (excludes halogenated alkanes) is 1. The van der Waals surface area contributed by atoms with E-state index in [9.17, 15) is 0 Å². The topological polar surface area (TPSA) is 18.5 Å². The maximum atomic E-state index is 6.00. The Labute approximate surface area is 103 Å². The Hall–Kier alpha value is 0.137. The Morgan fingerprint density at radius 1 is 1.00 bits per heavy atom. The molecule has 0 aliphatic heterocycles. The van der Waals surface area contributed by atoms with Crippen LogP contribution in [0.4, 0.5) is 0 Å². The van der Waals surface area contributed by atoms with Crippen molar-refractivity contribution in [3.63, 3.8) is 0 Å². The second-order valence-electron chi connectivity index (χ2n) is 4.98. The number of hydrogen-bond acceptors (Lipinski definition) is 2. The fourth-order valence-corrected chi connectivity index (χ4v) is 3.02. The molecule has 0 aromatic carbocycles. The van der Waals surface area contributed by atoms with Crippen LogP contribution < -0.4 is 0 Å². The van der Waals surface area contributed by atoms with Crippen molar-refractivity contribution in [1.82, 2.24) is 0 Å². The van der Waals surface area contributed by atoms with Gasteiger partial charge in [-0.05, 0) is 31.9 Å². The molecule has 0 saturated carbocycles. The van der Waals surface area contributed by atoms with Crippen LogP contribution in [0.25, 0.3) is 0 Å². The number of hydrogen-bond donors (Lipinski definition) is 0. The van der Waals surface area contributed by atoms with Crippen LogP contribution in [0, 0.1) is 5.92 Å². The average Bonchev–Trinajstić information content (AvgIpc) is 2.27. The lowest BCUT2D eigenvalue weighted by atomic mass is 10.0. The van der Waals surface area contributed by atoms with Gasteiger partial charge in [-0.2, -0.15) is 0 Å². The molecule has 1 atom stereocenters. The summed E-state index contributed by atoms with van der Waals surface area (Å²) in [5, 5.41) is 0. The molecule has 0 bridgehead atoms. The summed E-state index contributed by atoms with van der Waals surface area (Å²) in [7, 11) is -1.84. The summed E-state index contributed by atoms with van der Waals surface area (Å²) in [6.07, 6.45) is 6.19. The van der Waals surface area contributed by atoms with Crippen LogP contribution in [-0.4, -0.2) is 21.8 Å². The van der Waals surface area contributed by atoms with Crippen LogP contribution in [-0.2, 0) is 8.85 Å². The van der Waals surface area contributed by atoms with E-state index in [1.807, 2.05) is 0 Å². The third kappa shape index (κ3) is 8.31. The van der Waals surface area contributed by atoms with Crippen molar-refractivity contribution in [2.75, 3.05) is 13.2 Å². The van der Waals surface area contributed by atoms with E-state index in [0.29, 0.717) is 0 Å². The number of rotatable bonds is 10. The van der Waals surface area contributed by atoms with E-state index >= 15 is 0 Å². The second kappa shape index (κ2) is 9.20. The van der Waals surface area contributed by atoms with Gasteiger partial charge in [0.2, 0.25) is 0 Å². The molecule has 0 fully saturated rings. The second-order valence-corrected chi connectivity index (χ2v) is 8.35.